The zero-order valence-electron chi connectivity index (χ0n) is 43.5. The molecule has 0 N–H and O–H groups in total. The van der Waals surface area contributed by atoms with Crippen molar-refractivity contribution < 1.29 is 28.6 Å². The van der Waals surface area contributed by atoms with E-state index in [4.69, 9.17) is 14.2 Å². The second-order valence-electron chi connectivity index (χ2n) is 19.2. The molecule has 65 heavy (non-hydrogen) atoms. The fourth-order valence-corrected chi connectivity index (χ4v) is 8.24. The molecule has 0 heterocycles. The highest BCUT2D eigenvalue weighted by Gasteiger charge is 2.19. The van der Waals surface area contributed by atoms with E-state index in [0.29, 0.717) is 19.3 Å². The van der Waals surface area contributed by atoms with Crippen molar-refractivity contribution in [3.63, 3.8) is 0 Å². The van der Waals surface area contributed by atoms with Crippen LogP contribution < -0.4 is 0 Å². The van der Waals surface area contributed by atoms with Gasteiger partial charge < -0.3 is 14.2 Å². The summed E-state index contributed by atoms with van der Waals surface area (Å²) in [6, 6.07) is 0. The molecular formula is C59H108O6. The maximum absolute atomic E-state index is 12.8. The second kappa shape index (κ2) is 54.2. The Hall–Kier alpha value is -2.37. The predicted molar refractivity (Wildman–Crippen MR) is 279 cm³/mol. The van der Waals surface area contributed by atoms with E-state index in [-0.39, 0.29) is 31.1 Å². The highest BCUT2D eigenvalue weighted by molar-refractivity contribution is 5.71. The molecule has 6 heteroatoms. The van der Waals surface area contributed by atoms with Crippen molar-refractivity contribution >= 4 is 17.9 Å². The summed E-state index contributed by atoms with van der Waals surface area (Å²) in [5.41, 5.74) is 0. The van der Waals surface area contributed by atoms with Gasteiger partial charge in [-0.15, -0.1) is 0 Å². The average molecular weight is 914 g/mol. The molecule has 0 aliphatic heterocycles. The first-order valence-electron chi connectivity index (χ1n) is 28.5. The molecule has 0 bridgehead atoms. The molecular weight excluding hydrogens is 805 g/mol. The molecule has 0 aliphatic rings. The van der Waals surface area contributed by atoms with Gasteiger partial charge in [-0.25, -0.2) is 0 Å². The van der Waals surface area contributed by atoms with Crippen LogP contribution in [0.4, 0.5) is 0 Å². The maximum Gasteiger partial charge on any atom is 0.306 e. The lowest BCUT2D eigenvalue weighted by molar-refractivity contribution is -0.167. The van der Waals surface area contributed by atoms with E-state index in [0.717, 1.165) is 70.6 Å². The van der Waals surface area contributed by atoms with Crippen molar-refractivity contribution in [3.8, 4) is 0 Å². The first-order chi connectivity index (χ1) is 32.0. The van der Waals surface area contributed by atoms with E-state index in [1.165, 1.54) is 193 Å². The van der Waals surface area contributed by atoms with Crippen LogP contribution in [0.5, 0.6) is 0 Å². The number of unbranched alkanes of at least 4 members (excludes halogenated alkanes) is 35. The van der Waals surface area contributed by atoms with Crippen LogP contribution in [0.15, 0.2) is 36.5 Å². The molecule has 0 radical (unpaired) electrons. The molecule has 0 fully saturated rings. The number of rotatable bonds is 52. The standard InChI is InChI=1S/C59H108O6/c1-4-7-10-13-16-19-22-24-26-28-29-31-33-35-38-40-43-46-49-52-58(61)64-55-56(65-59(62)53-50-47-44-41-36-21-18-15-12-9-6-3)54-63-57(60)51-48-45-42-39-37-34-32-30-27-25-23-20-17-14-11-8-5-2/h15,18,24-27,56H,4-14,16-17,19-23,28-55H2,1-3H3/b18-15-,26-24-,27-25-/t56-/m0/s1. The minimum absolute atomic E-state index is 0.0759. The summed E-state index contributed by atoms with van der Waals surface area (Å²) < 4.78 is 16.8. The predicted octanol–water partition coefficient (Wildman–Crippen LogP) is 18.9. The van der Waals surface area contributed by atoms with Gasteiger partial charge in [-0.05, 0) is 89.9 Å². The van der Waals surface area contributed by atoms with Crippen molar-refractivity contribution in [2.45, 2.75) is 309 Å². The lowest BCUT2D eigenvalue weighted by atomic mass is 10.1. The first kappa shape index (κ1) is 62.6. The highest BCUT2D eigenvalue weighted by atomic mass is 16.6. The molecule has 0 aromatic carbocycles. The zero-order chi connectivity index (χ0) is 47.2. The number of hydrogen-bond donors (Lipinski definition) is 0. The van der Waals surface area contributed by atoms with E-state index < -0.39 is 6.10 Å². The van der Waals surface area contributed by atoms with Gasteiger partial charge in [0.1, 0.15) is 13.2 Å². The van der Waals surface area contributed by atoms with E-state index in [1.54, 1.807) is 0 Å². The van der Waals surface area contributed by atoms with Crippen LogP contribution >= 0.6 is 0 Å². The van der Waals surface area contributed by atoms with Crippen LogP contribution in [0, 0.1) is 0 Å². The number of allylic oxidation sites excluding steroid dienone is 6. The normalized spacial score (nSPS) is 12.2. The average Bonchev–Trinajstić information content (AvgIpc) is 3.30. The number of carbonyl (C=O) groups excluding carboxylic acids is 3. The fourth-order valence-electron chi connectivity index (χ4n) is 8.24. The van der Waals surface area contributed by atoms with Crippen LogP contribution in [0.1, 0.15) is 303 Å². The Kier molecular flexibility index (Phi) is 52.3. The van der Waals surface area contributed by atoms with Gasteiger partial charge in [-0.1, -0.05) is 231 Å². The van der Waals surface area contributed by atoms with Crippen LogP contribution in [0.25, 0.3) is 0 Å². The van der Waals surface area contributed by atoms with Crippen molar-refractivity contribution in [3.05, 3.63) is 36.5 Å². The van der Waals surface area contributed by atoms with Gasteiger partial charge in [-0.3, -0.25) is 14.4 Å². The van der Waals surface area contributed by atoms with Gasteiger partial charge in [0.25, 0.3) is 0 Å². The van der Waals surface area contributed by atoms with Gasteiger partial charge in [-0.2, -0.15) is 0 Å². The van der Waals surface area contributed by atoms with E-state index in [1.807, 2.05) is 0 Å². The van der Waals surface area contributed by atoms with Crippen molar-refractivity contribution in [2.75, 3.05) is 13.2 Å². The SMILES string of the molecule is CCCC/C=C\CCCCCCCC(=O)O[C@@H](COC(=O)CCCCCCCCC/C=C\CCCCCCCC)COC(=O)CCCCCCCCCCC/C=C\CCCCCCCC. The smallest absolute Gasteiger partial charge is 0.306 e. The molecule has 0 unspecified atom stereocenters. The van der Waals surface area contributed by atoms with Gasteiger partial charge in [0.05, 0.1) is 0 Å². The lowest BCUT2D eigenvalue weighted by Crippen LogP contribution is -2.30. The molecule has 380 valence electrons. The third-order valence-corrected chi connectivity index (χ3v) is 12.6. The second-order valence-corrected chi connectivity index (χ2v) is 19.2. The fraction of sp³-hybridized carbons (Fsp3) is 0.847. The summed E-state index contributed by atoms with van der Waals surface area (Å²) in [5, 5.41) is 0. The van der Waals surface area contributed by atoms with Gasteiger partial charge in [0.15, 0.2) is 6.10 Å². The number of esters is 3. The summed E-state index contributed by atoms with van der Waals surface area (Å²) in [6.45, 7) is 6.61. The quantitative estimate of drug-likeness (QED) is 0.0262. The van der Waals surface area contributed by atoms with Crippen molar-refractivity contribution in [1.29, 1.82) is 0 Å². The number of hydrogen-bond acceptors (Lipinski definition) is 6. The summed E-state index contributed by atoms with van der Waals surface area (Å²) in [4.78, 5) is 38.1. The summed E-state index contributed by atoms with van der Waals surface area (Å²) in [7, 11) is 0. The Morgan fingerprint density at radius 1 is 0.292 bits per heavy atom. The summed E-state index contributed by atoms with van der Waals surface area (Å²) >= 11 is 0. The van der Waals surface area contributed by atoms with Crippen LogP contribution in [-0.4, -0.2) is 37.2 Å². The number of carbonyl (C=O) groups is 3. The Morgan fingerprint density at radius 3 is 0.815 bits per heavy atom. The molecule has 6 nitrogen and oxygen atoms in total. The van der Waals surface area contributed by atoms with Crippen molar-refractivity contribution in [1.82, 2.24) is 0 Å². The molecule has 0 saturated heterocycles. The van der Waals surface area contributed by atoms with E-state index in [2.05, 4.69) is 57.2 Å². The van der Waals surface area contributed by atoms with E-state index >= 15 is 0 Å². The summed E-state index contributed by atoms with van der Waals surface area (Å²) in [5.74, 6) is -0.879. The highest BCUT2D eigenvalue weighted by Crippen LogP contribution is 2.16. The Bertz CT molecular complexity index is 1090. The van der Waals surface area contributed by atoms with E-state index in [9.17, 15) is 14.4 Å². The monoisotopic (exact) mass is 913 g/mol. The number of ether oxygens (including phenoxy) is 3. The van der Waals surface area contributed by atoms with Crippen LogP contribution in [0.3, 0.4) is 0 Å². The van der Waals surface area contributed by atoms with Crippen LogP contribution in [-0.2, 0) is 28.6 Å². The molecule has 0 spiro atoms. The molecule has 0 rings (SSSR count). The third-order valence-electron chi connectivity index (χ3n) is 12.6. The molecule has 0 saturated carbocycles. The van der Waals surface area contributed by atoms with Crippen molar-refractivity contribution in [2.24, 2.45) is 0 Å². The van der Waals surface area contributed by atoms with Crippen LogP contribution in [0.2, 0.25) is 0 Å². The third kappa shape index (κ3) is 52.5. The maximum atomic E-state index is 12.8. The molecule has 1 atom stereocenters. The van der Waals surface area contributed by atoms with Gasteiger partial charge >= 0.3 is 17.9 Å². The molecule has 0 aromatic heterocycles. The van der Waals surface area contributed by atoms with Gasteiger partial charge in [0.2, 0.25) is 0 Å². The molecule has 0 aliphatic carbocycles. The summed E-state index contributed by atoms with van der Waals surface area (Å²) in [6.07, 6.45) is 64.2. The minimum Gasteiger partial charge on any atom is -0.462 e. The Balaban J connectivity index is 4.29. The minimum atomic E-state index is -0.776. The molecule has 0 aromatic rings. The Labute approximate surface area is 404 Å². The topological polar surface area (TPSA) is 78.9 Å². The Morgan fingerprint density at radius 2 is 0.523 bits per heavy atom. The zero-order valence-corrected chi connectivity index (χ0v) is 43.5. The first-order valence-corrected chi connectivity index (χ1v) is 28.5. The molecule has 0 amide bonds. The lowest BCUT2D eigenvalue weighted by Gasteiger charge is -2.18. The largest absolute Gasteiger partial charge is 0.462 e. The van der Waals surface area contributed by atoms with Gasteiger partial charge in [0, 0.05) is 19.3 Å².